The highest BCUT2D eigenvalue weighted by molar-refractivity contribution is 5.95. The Kier molecular flexibility index (Phi) is 11.2. The number of rotatable bonds is 14. The van der Waals surface area contributed by atoms with Crippen LogP contribution in [0.1, 0.15) is 68.7 Å². The molecule has 0 fully saturated rings. The third-order valence-electron chi connectivity index (χ3n) is 8.00. The third kappa shape index (κ3) is 8.79. The van der Waals surface area contributed by atoms with E-state index in [9.17, 15) is 0 Å². The molecule has 0 saturated heterocycles. The molecule has 222 valence electrons. The molecule has 0 radical (unpaired) electrons. The largest absolute Gasteiger partial charge is 0.370 e. The highest BCUT2D eigenvalue weighted by Gasteiger charge is 2.29. The van der Waals surface area contributed by atoms with E-state index in [1.54, 1.807) is 0 Å². The summed E-state index contributed by atoms with van der Waals surface area (Å²) in [5, 5.41) is 10.3. The first-order chi connectivity index (χ1) is 19.9. The Morgan fingerprint density at radius 1 is 1.07 bits per heavy atom. The average Bonchev–Trinajstić information content (AvgIpc) is 3.52. The lowest BCUT2D eigenvalue weighted by molar-refractivity contribution is 0.408. The van der Waals surface area contributed by atoms with Gasteiger partial charge in [-0.3, -0.25) is 0 Å². The fourth-order valence-corrected chi connectivity index (χ4v) is 5.49. The van der Waals surface area contributed by atoms with Crippen molar-refractivity contribution in [1.29, 1.82) is 0 Å². The molecule has 0 aromatic heterocycles. The van der Waals surface area contributed by atoms with Gasteiger partial charge in [0.1, 0.15) is 0 Å². The smallest absolute Gasteiger partial charge is 0.196 e. The van der Waals surface area contributed by atoms with Gasteiger partial charge < -0.3 is 38.1 Å². The molecule has 9 nitrogen and oxygen atoms in total. The van der Waals surface area contributed by atoms with Crippen LogP contribution in [0.2, 0.25) is 0 Å². The molecule has 2 aliphatic rings. The quantitative estimate of drug-likeness (QED) is 0.208. The van der Waals surface area contributed by atoms with E-state index in [1.165, 1.54) is 35.1 Å². The van der Waals surface area contributed by atoms with Crippen LogP contribution in [-0.2, 0) is 6.54 Å². The highest BCUT2D eigenvalue weighted by atomic mass is 15.3. The van der Waals surface area contributed by atoms with Gasteiger partial charge in [0.15, 0.2) is 11.9 Å². The van der Waals surface area contributed by atoms with Crippen molar-refractivity contribution in [2.75, 3.05) is 32.0 Å². The summed E-state index contributed by atoms with van der Waals surface area (Å²) in [6, 6.07) is 18.1. The Hall–Kier alpha value is -3.40. The minimum absolute atomic E-state index is 0.0152. The zero-order chi connectivity index (χ0) is 29.2. The predicted molar refractivity (Wildman–Crippen MR) is 173 cm³/mol. The van der Waals surface area contributed by atoms with Gasteiger partial charge in [0, 0.05) is 24.8 Å². The third-order valence-corrected chi connectivity index (χ3v) is 8.00. The van der Waals surface area contributed by atoms with E-state index >= 15 is 0 Å². The summed E-state index contributed by atoms with van der Waals surface area (Å²) in [5.74, 6) is 1.37. The Balaban J connectivity index is 1.35. The number of allylic oxidation sites excluding steroid dienone is 1. The van der Waals surface area contributed by atoms with Crippen LogP contribution in [0.5, 0.6) is 0 Å². The standard InChI is InChI=1S/C32H49N9/c1-22(5-4-6-23(2)36-3)19-24-7-11-26(12-8-24)30-29(16-18-34)39-32(40-30)38-27-13-9-25(10-14-27)20-41-21-28(15-17-33)37-31(41)35/h7-14,19,23,28-30,36H,4-6,15-18,20-21,33-34H2,1-3H3,(H2,35,37)(H2,38,39,40)/b22-19+/t23-,28-,29-,30+/m1/s1. The topological polar surface area (TPSA) is 142 Å². The molecule has 4 atom stereocenters. The van der Waals surface area contributed by atoms with E-state index in [0.29, 0.717) is 25.1 Å². The van der Waals surface area contributed by atoms with E-state index in [2.05, 4.69) is 94.3 Å². The van der Waals surface area contributed by atoms with Gasteiger partial charge in [0.25, 0.3) is 0 Å². The molecular formula is C32H49N9. The van der Waals surface area contributed by atoms with Crippen molar-refractivity contribution in [2.45, 2.75) is 76.7 Å². The van der Waals surface area contributed by atoms with Crippen LogP contribution in [0.4, 0.5) is 5.69 Å². The summed E-state index contributed by atoms with van der Waals surface area (Å²) in [5.41, 5.74) is 23.8. The van der Waals surface area contributed by atoms with Crippen molar-refractivity contribution in [1.82, 2.24) is 15.5 Å². The summed E-state index contributed by atoms with van der Waals surface area (Å²) in [4.78, 5) is 11.7. The van der Waals surface area contributed by atoms with Gasteiger partial charge in [-0.1, -0.05) is 48.0 Å². The Morgan fingerprint density at radius 2 is 1.80 bits per heavy atom. The first-order valence-electron chi connectivity index (χ1n) is 15.0. The number of guanidine groups is 2. The number of nitrogens with one attached hydrogen (secondary N) is 3. The molecular weight excluding hydrogens is 510 g/mol. The number of hydrogen-bond donors (Lipinski definition) is 6. The zero-order valence-electron chi connectivity index (χ0n) is 24.9. The van der Waals surface area contributed by atoms with Crippen LogP contribution in [0.15, 0.2) is 64.1 Å². The molecule has 4 rings (SSSR count). The van der Waals surface area contributed by atoms with Gasteiger partial charge in [-0.2, -0.15) is 0 Å². The van der Waals surface area contributed by atoms with Crippen LogP contribution in [0, 0.1) is 0 Å². The molecule has 0 aliphatic carbocycles. The number of hydrogen-bond acceptors (Lipinski definition) is 9. The molecule has 0 spiro atoms. The molecule has 2 aromatic rings. The molecule has 0 unspecified atom stereocenters. The Labute approximate surface area is 245 Å². The molecule has 0 saturated carbocycles. The maximum absolute atomic E-state index is 6.13. The summed E-state index contributed by atoms with van der Waals surface area (Å²) in [6.07, 6.45) is 7.50. The predicted octanol–water partition coefficient (Wildman–Crippen LogP) is 3.55. The average molecular weight is 560 g/mol. The highest BCUT2D eigenvalue weighted by Crippen LogP contribution is 2.29. The molecule has 41 heavy (non-hydrogen) atoms. The van der Waals surface area contributed by atoms with E-state index in [-0.39, 0.29) is 18.1 Å². The summed E-state index contributed by atoms with van der Waals surface area (Å²) in [7, 11) is 2.02. The van der Waals surface area contributed by atoms with E-state index < -0.39 is 0 Å². The van der Waals surface area contributed by atoms with Crippen LogP contribution >= 0.6 is 0 Å². The zero-order valence-corrected chi connectivity index (χ0v) is 24.9. The SMILES string of the molecule is CN[C@H](C)CCC/C(C)=C/c1ccc([C@@H]2N=C(Nc3ccc(CN4C[C@@H](CCN)N=C4N)cc3)N[C@@H]2CCN)cc1. The second-order valence-corrected chi connectivity index (χ2v) is 11.4. The second-order valence-electron chi connectivity index (χ2n) is 11.4. The maximum atomic E-state index is 6.13. The van der Waals surface area contributed by atoms with E-state index in [0.717, 1.165) is 44.0 Å². The molecule has 0 bridgehead atoms. The van der Waals surface area contributed by atoms with Crippen LogP contribution < -0.4 is 33.2 Å². The summed E-state index contributed by atoms with van der Waals surface area (Å²) >= 11 is 0. The van der Waals surface area contributed by atoms with Gasteiger partial charge in [0.05, 0.1) is 18.1 Å². The number of aliphatic imine (C=N–C) groups is 2. The first-order valence-corrected chi connectivity index (χ1v) is 15.0. The normalized spacial score (nSPS) is 21.4. The molecule has 9 heteroatoms. The fourth-order valence-electron chi connectivity index (χ4n) is 5.49. The van der Waals surface area contributed by atoms with Crippen molar-refractivity contribution < 1.29 is 0 Å². The lowest BCUT2D eigenvalue weighted by Crippen LogP contribution is -2.36. The molecule has 2 aliphatic heterocycles. The molecule has 2 heterocycles. The maximum Gasteiger partial charge on any atom is 0.196 e. The van der Waals surface area contributed by atoms with Crippen molar-refractivity contribution in [3.8, 4) is 0 Å². The number of nitrogens with two attached hydrogens (primary N) is 3. The molecule has 2 aromatic carbocycles. The number of benzene rings is 2. The van der Waals surface area contributed by atoms with Crippen LogP contribution in [0.25, 0.3) is 6.08 Å². The lowest BCUT2D eigenvalue weighted by atomic mass is 9.97. The molecule has 9 N–H and O–H groups in total. The molecule has 0 amide bonds. The number of anilines is 1. The summed E-state index contributed by atoms with van der Waals surface area (Å²) < 4.78 is 0. The summed E-state index contributed by atoms with van der Waals surface area (Å²) in [6.45, 7) is 7.24. The van der Waals surface area contributed by atoms with Crippen molar-refractivity contribution in [3.05, 3.63) is 70.8 Å². The van der Waals surface area contributed by atoms with E-state index in [1.807, 2.05) is 7.05 Å². The monoisotopic (exact) mass is 559 g/mol. The number of nitrogens with zero attached hydrogens (tertiary/aromatic N) is 3. The van der Waals surface area contributed by atoms with Crippen LogP contribution in [0.3, 0.4) is 0 Å². The minimum atomic E-state index is 0.0152. The first kappa shape index (κ1) is 30.6. The van der Waals surface area contributed by atoms with Crippen molar-refractivity contribution in [3.63, 3.8) is 0 Å². The van der Waals surface area contributed by atoms with E-state index in [4.69, 9.17) is 22.2 Å². The van der Waals surface area contributed by atoms with Gasteiger partial charge in [-0.15, -0.1) is 0 Å². The fraction of sp³-hybridized carbons (Fsp3) is 0.500. The Bertz CT molecular complexity index is 1190. The minimum Gasteiger partial charge on any atom is -0.370 e. The van der Waals surface area contributed by atoms with Gasteiger partial charge in [0.2, 0.25) is 0 Å². The van der Waals surface area contributed by atoms with Gasteiger partial charge in [-0.05, 0) is 94.9 Å². The van der Waals surface area contributed by atoms with Crippen LogP contribution in [-0.4, -0.2) is 61.6 Å². The Morgan fingerprint density at radius 3 is 2.49 bits per heavy atom. The van der Waals surface area contributed by atoms with Crippen molar-refractivity contribution in [2.24, 2.45) is 27.2 Å². The lowest BCUT2D eigenvalue weighted by Gasteiger charge is -2.19. The van der Waals surface area contributed by atoms with Crippen molar-refractivity contribution >= 4 is 23.7 Å². The van der Waals surface area contributed by atoms with Gasteiger partial charge in [-0.25, -0.2) is 9.98 Å². The van der Waals surface area contributed by atoms with Gasteiger partial charge >= 0.3 is 0 Å². The second kappa shape index (κ2) is 15.0.